The lowest BCUT2D eigenvalue weighted by atomic mass is 10.2. The Kier molecular flexibility index (Phi) is 5.66. The molecule has 0 saturated carbocycles. The van der Waals surface area contributed by atoms with Crippen molar-refractivity contribution in [2.75, 3.05) is 27.3 Å². The molecule has 0 aromatic carbocycles. The second kappa shape index (κ2) is 5.94. The lowest BCUT2D eigenvalue weighted by Crippen LogP contribution is -2.42. The molecule has 2 N–H and O–H groups in total. The van der Waals surface area contributed by atoms with E-state index in [-0.39, 0.29) is 17.9 Å². The minimum atomic E-state index is -0.0994. The lowest BCUT2D eigenvalue weighted by Gasteiger charge is -2.22. The molecule has 0 saturated heterocycles. The molecule has 13 heavy (non-hydrogen) atoms. The van der Waals surface area contributed by atoms with Crippen LogP contribution in [0.1, 0.15) is 13.8 Å². The fourth-order valence-electron chi connectivity index (χ4n) is 1.15. The summed E-state index contributed by atoms with van der Waals surface area (Å²) in [6.45, 7) is 4.78. The highest BCUT2D eigenvalue weighted by molar-refractivity contribution is 5.77. The van der Waals surface area contributed by atoms with Crippen molar-refractivity contribution in [3.05, 3.63) is 0 Å². The van der Waals surface area contributed by atoms with Crippen molar-refractivity contribution >= 4 is 5.91 Å². The Morgan fingerprint density at radius 1 is 1.54 bits per heavy atom. The number of likely N-dealkylation sites (N-methyl/N-ethyl adjacent to an activating group) is 1. The maximum absolute atomic E-state index is 11.4. The van der Waals surface area contributed by atoms with Crippen molar-refractivity contribution < 1.29 is 9.53 Å². The van der Waals surface area contributed by atoms with E-state index in [0.717, 1.165) is 0 Å². The van der Waals surface area contributed by atoms with E-state index in [1.165, 1.54) is 0 Å². The van der Waals surface area contributed by atoms with Crippen molar-refractivity contribution in [1.82, 2.24) is 4.90 Å². The Labute approximate surface area is 80.0 Å². The van der Waals surface area contributed by atoms with Crippen LogP contribution in [0.3, 0.4) is 0 Å². The molecule has 0 rings (SSSR count). The second-order valence-corrected chi connectivity index (χ2v) is 3.59. The smallest absolute Gasteiger partial charge is 0.224 e. The van der Waals surface area contributed by atoms with Crippen LogP contribution in [-0.4, -0.2) is 44.2 Å². The zero-order valence-corrected chi connectivity index (χ0v) is 8.91. The Hall–Kier alpha value is -0.610. The normalized spacial score (nSPS) is 13.1. The number of nitrogens with zero attached hydrogens (tertiary/aromatic N) is 1. The van der Waals surface area contributed by atoms with Crippen molar-refractivity contribution in [2.45, 2.75) is 19.9 Å². The van der Waals surface area contributed by atoms with Gasteiger partial charge >= 0.3 is 0 Å². The Morgan fingerprint density at radius 2 is 2.08 bits per heavy atom. The SMILES string of the molecule is COCC(N)CN(C)C(=O)C(C)C. The molecule has 0 spiro atoms. The number of carbonyl (C=O) groups is 1. The van der Waals surface area contributed by atoms with Gasteiger partial charge in [0.2, 0.25) is 5.91 Å². The lowest BCUT2D eigenvalue weighted by molar-refractivity contribution is -0.133. The molecular weight excluding hydrogens is 168 g/mol. The predicted octanol–water partition coefficient (Wildman–Crippen LogP) is 0.0745. The van der Waals surface area contributed by atoms with Crippen LogP contribution in [0.4, 0.5) is 0 Å². The van der Waals surface area contributed by atoms with Crippen molar-refractivity contribution in [1.29, 1.82) is 0 Å². The zero-order valence-electron chi connectivity index (χ0n) is 8.91. The van der Waals surface area contributed by atoms with Crippen LogP contribution >= 0.6 is 0 Å². The van der Waals surface area contributed by atoms with Gasteiger partial charge in [0.15, 0.2) is 0 Å². The van der Waals surface area contributed by atoms with E-state index in [2.05, 4.69) is 0 Å². The number of nitrogens with two attached hydrogens (primary N) is 1. The molecule has 4 nitrogen and oxygen atoms in total. The van der Waals surface area contributed by atoms with Gasteiger partial charge in [-0.2, -0.15) is 0 Å². The highest BCUT2D eigenvalue weighted by atomic mass is 16.5. The molecule has 0 aromatic heterocycles. The second-order valence-electron chi connectivity index (χ2n) is 3.59. The van der Waals surface area contributed by atoms with Gasteiger partial charge < -0.3 is 15.4 Å². The summed E-state index contributed by atoms with van der Waals surface area (Å²) in [4.78, 5) is 13.1. The maximum Gasteiger partial charge on any atom is 0.224 e. The van der Waals surface area contributed by atoms with Gasteiger partial charge in [-0.15, -0.1) is 0 Å². The number of methoxy groups -OCH3 is 1. The predicted molar refractivity (Wildman–Crippen MR) is 52.3 cm³/mol. The molecule has 1 amide bonds. The maximum atomic E-state index is 11.4. The van der Waals surface area contributed by atoms with Crippen LogP contribution in [0.25, 0.3) is 0 Å². The third-order valence-electron chi connectivity index (χ3n) is 1.76. The summed E-state index contributed by atoms with van der Waals surface area (Å²) >= 11 is 0. The van der Waals surface area contributed by atoms with E-state index in [4.69, 9.17) is 10.5 Å². The average Bonchev–Trinajstić information content (AvgIpc) is 2.03. The summed E-state index contributed by atoms with van der Waals surface area (Å²) in [5.41, 5.74) is 5.70. The van der Waals surface area contributed by atoms with E-state index in [9.17, 15) is 4.79 Å². The van der Waals surface area contributed by atoms with E-state index in [1.54, 1.807) is 19.1 Å². The molecular formula is C9H20N2O2. The zero-order chi connectivity index (χ0) is 10.4. The van der Waals surface area contributed by atoms with Gasteiger partial charge in [-0.25, -0.2) is 0 Å². The molecule has 0 aliphatic carbocycles. The van der Waals surface area contributed by atoms with Gasteiger partial charge in [0.25, 0.3) is 0 Å². The average molecular weight is 188 g/mol. The first-order chi connectivity index (χ1) is 5.99. The molecule has 0 bridgehead atoms. The molecule has 78 valence electrons. The van der Waals surface area contributed by atoms with Crippen LogP contribution in [0.5, 0.6) is 0 Å². The quantitative estimate of drug-likeness (QED) is 0.664. The third-order valence-corrected chi connectivity index (χ3v) is 1.76. The van der Waals surface area contributed by atoms with E-state index < -0.39 is 0 Å². The first-order valence-electron chi connectivity index (χ1n) is 4.48. The highest BCUT2D eigenvalue weighted by Gasteiger charge is 2.15. The van der Waals surface area contributed by atoms with Crippen molar-refractivity contribution in [3.63, 3.8) is 0 Å². The Bertz CT molecular complexity index is 160. The number of rotatable bonds is 5. The summed E-state index contributed by atoms with van der Waals surface area (Å²) in [6, 6.07) is -0.0994. The van der Waals surface area contributed by atoms with Crippen LogP contribution in [-0.2, 0) is 9.53 Å². The molecule has 0 aromatic rings. The number of amides is 1. The molecule has 1 atom stereocenters. The third kappa shape index (κ3) is 4.85. The first-order valence-corrected chi connectivity index (χ1v) is 4.48. The molecule has 0 radical (unpaired) electrons. The van der Waals surface area contributed by atoms with Gasteiger partial charge in [-0.1, -0.05) is 13.8 Å². The molecule has 0 aliphatic rings. The van der Waals surface area contributed by atoms with E-state index in [1.807, 2.05) is 13.8 Å². The largest absolute Gasteiger partial charge is 0.383 e. The summed E-state index contributed by atoms with van der Waals surface area (Å²) in [5, 5.41) is 0. The first kappa shape index (κ1) is 12.4. The van der Waals surface area contributed by atoms with Crippen molar-refractivity contribution in [3.8, 4) is 0 Å². The minimum Gasteiger partial charge on any atom is -0.383 e. The minimum absolute atomic E-state index is 0.0275. The van der Waals surface area contributed by atoms with Gasteiger partial charge in [-0.3, -0.25) is 4.79 Å². The number of carbonyl (C=O) groups excluding carboxylic acids is 1. The topological polar surface area (TPSA) is 55.6 Å². The van der Waals surface area contributed by atoms with E-state index >= 15 is 0 Å². The van der Waals surface area contributed by atoms with Crippen LogP contribution in [0, 0.1) is 5.92 Å². The fourth-order valence-corrected chi connectivity index (χ4v) is 1.15. The highest BCUT2D eigenvalue weighted by Crippen LogP contribution is 1.99. The monoisotopic (exact) mass is 188 g/mol. The van der Waals surface area contributed by atoms with Gasteiger partial charge in [0.1, 0.15) is 0 Å². The number of ether oxygens (including phenoxy) is 1. The fraction of sp³-hybridized carbons (Fsp3) is 0.889. The van der Waals surface area contributed by atoms with Gasteiger partial charge in [0.05, 0.1) is 6.61 Å². The number of hydrogen-bond acceptors (Lipinski definition) is 3. The van der Waals surface area contributed by atoms with Crippen molar-refractivity contribution in [2.24, 2.45) is 11.7 Å². The van der Waals surface area contributed by atoms with Gasteiger partial charge in [-0.05, 0) is 0 Å². The van der Waals surface area contributed by atoms with E-state index in [0.29, 0.717) is 13.2 Å². The molecule has 0 fully saturated rings. The Morgan fingerprint density at radius 3 is 2.46 bits per heavy atom. The molecule has 1 unspecified atom stereocenters. The van der Waals surface area contributed by atoms with Crippen LogP contribution in [0.2, 0.25) is 0 Å². The molecule has 4 heteroatoms. The van der Waals surface area contributed by atoms with Crippen LogP contribution in [0.15, 0.2) is 0 Å². The molecule has 0 heterocycles. The number of hydrogen-bond donors (Lipinski definition) is 1. The summed E-state index contributed by atoms with van der Waals surface area (Å²) in [7, 11) is 3.36. The summed E-state index contributed by atoms with van der Waals surface area (Å²) < 4.78 is 4.88. The standard InChI is InChI=1S/C9H20N2O2/c1-7(2)9(12)11(3)5-8(10)6-13-4/h7-8H,5-6,10H2,1-4H3. The molecule has 0 aliphatic heterocycles. The van der Waals surface area contributed by atoms with Gasteiger partial charge in [0, 0.05) is 32.7 Å². The Balaban J connectivity index is 3.85. The van der Waals surface area contributed by atoms with Crippen LogP contribution < -0.4 is 5.73 Å². The summed E-state index contributed by atoms with van der Waals surface area (Å²) in [6.07, 6.45) is 0. The summed E-state index contributed by atoms with van der Waals surface area (Å²) in [5.74, 6) is 0.145.